The quantitative estimate of drug-likeness (QED) is 0.717. The van der Waals surface area contributed by atoms with Crippen LogP contribution in [0.15, 0.2) is 23.1 Å². The Balaban J connectivity index is 2.65. The second kappa shape index (κ2) is 4.93. The van der Waals surface area contributed by atoms with Gasteiger partial charge in [0, 0.05) is 17.5 Å². The highest BCUT2D eigenvalue weighted by molar-refractivity contribution is 6.24. The largest absolute Gasteiger partial charge is 0.369 e. The Morgan fingerprint density at radius 1 is 1.47 bits per heavy atom. The molecule has 98 valence electrons. The molecule has 2 aromatic heterocycles. The van der Waals surface area contributed by atoms with Crippen LogP contribution in [0.5, 0.6) is 0 Å². The second-order valence-corrected chi connectivity index (χ2v) is 4.15. The van der Waals surface area contributed by atoms with E-state index in [1.165, 1.54) is 6.92 Å². The molecule has 0 spiro atoms. The van der Waals surface area contributed by atoms with Crippen LogP contribution in [0.1, 0.15) is 23.9 Å². The highest BCUT2D eigenvalue weighted by Crippen LogP contribution is 2.18. The summed E-state index contributed by atoms with van der Waals surface area (Å²) in [5, 5.41) is 0. The maximum atomic E-state index is 12.0. The van der Waals surface area contributed by atoms with Gasteiger partial charge < -0.3 is 10.7 Å². The summed E-state index contributed by atoms with van der Waals surface area (Å²) in [5.41, 5.74) is 6.75. The van der Waals surface area contributed by atoms with Gasteiger partial charge in [-0.05, 0) is 32.1 Å². The molecule has 0 radical (unpaired) electrons. The molecule has 0 bridgehead atoms. The molecular formula is C13H14N4O2. The number of nitrogens with two attached hydrogens (primary N) is 1. The number of hydrogen-bond donors (Lipinski definition) is 3. The number of hydrogen-bond acceptors (Lipinski definition) is 4. The molecule has 0 aliphatic carbocycles. The summed E-state index contributed by atoms with van der Waals surface area (Å²) < 4.78 is 0. The molecule has 0 fully saturated rings. The number of rotatable bonds is 3. The normalized spacial score (nSPS) is 11.6. The fourth-order valence-corrected chi connectivity index (χ4v) is 1.86. The lowest BCUT2D eigenvalue weighted by atomic mass is 10.0. The topological polar surface area (TPSA) is 105 Å². The van der Waals surface area contributed by atoms with Crippen LogP contribution in [-0.2, 0) is 4.79 Å². The van der Waals surface area contributed by atoms with Crippen molar-refractivity contribution in [2.75, 3.05) is 5.73 Å². The molecule has 6 nitrogen and oxygen atoms in total. The minimum absolute atomic E-state index is 0.0361. The minimum atomic E-state index is -0.419. The van der Waals surface area contributed by atoms with Crippen molar-refractivity contribution in [3.8, 4) is 0 Å². The predicted molar refractivity (Wildman–Crippen MR) is 73.4 cm³/mol. The third kappa shape index (κ3) is 2.62. The van der Waals surface area contributed by atoms with Crippen LogP contribution in [0, 0.1) is 6.92 Å². The van der Waals surface area contributed by atoms with Gasteiger partial charge >= 0.3 is 0 Å². The van der Waals surface area contributed by atoms with Gasteiger partial charge in [0.05, 0.1) is 11.3 Å². The average molecular weight is 258 g/mol. The molecule has 0 saturated carbocycles. The number of H-pyrrole nitrogens is 2. The highest BCUT2D eigenvalue weighted by atomic mass is 16.1. The smallest absolute Gasteiger partial charge is 0.260 e. The number of carbonyl (C=O) groups excluding carboxylic acids is 1. The maximum Gasteiger partial charge on any atom is 0.260 e. The van der Waals surface area contributed by atoms with E-state index in [0.29, 0.717) is 11.3 Å². The number of allylic oxidation sites excluding steroid dienone is 1. The Kier molecular flexibility index (Phi) is 3.33. The van der Waals surface area contributed by atoms with Crippen molar-refractivity contribution in [1.29, 1.82) is 0 Å². The molecule has 0 aliphatic rings. The van der Waals surface area contributed by atoms with E-state index < -0.39 is 5.56 Å². The van der Waals surface area contributed by atoms with Gasteiger partial charge in [0.15, 0.2) is 5.78 Å². The Hall–Kier alpha value is -2.63. The summed E-state index contributed by atoms with van der Waals surface area (Å²) in [7, 11) is 0. The monoisotopic (exact) mass is 258 g/mol. The number of aromatic amines is 2. The van der Waals surface area contributed by atoms with E-state index in [0.717, 1.165) is 5.69 Å². The zero-order valence-corrected chi connectivity index (χ0v) is 10.7. The lowest BCUT2D eigenvalue weighted by molar-refractivity contribution is -0.111. The Morgan fingerprint density at radius 3 is 2.74 bits per heavy atom. The van der Waals surface area contributed by atoms with Crippen molar-refractivity contribution in [3.05, 3.63) is 45.6 Å². The molecule has 19 heavy (non-hydrogen) atoms. The fraction of sp³-hybridized carbons (Fsp3) is 0.154. The molecule has 2 aromatic rings. The van der Waals surface area contributed by atoms with Crippen LogP contribution < -0.4 is 11.3 Å². The first-order valence-corrected chi connectivity index (χ1v) is 5.72. The van der Waals surface area contributed by atoms with E-state index in [2.05, 4.69) is 15.0 Å². The van der Waals surface area contributed by atoms with Crippen molar-refractivity contribution in [2.24, 2.45) is 0 Å². The fourth-order valence-electron chi connectivity index (χ4n) is 1.86. The van der Waals surface area contributed by atoms with Crippen LogP contribution in [-0.4, -0.2) is 20.7 Å². The third-order valence-corrected chi connectivity index (χ3v) is 2.69. The van der Waals surface area contributed by atoms with Crippen LogP contribution in [0.3, 0.4) is 0 Å². The Bertz CT molecular complexity index is 696. The van der Waals surface area contributed by atoms with Gasteiger partial charge in [-0.15, -0.1) is 0 Å². The van der Waals surface area contributed by atoms with Gasteiger partial charge in [0.25, 0.3) is 5.56 Å². The van der Waals surface area contributed by atoms with Crippen molar-refractivity contribution < 1.29 is 4.79 Å². The zero-order valence-electron chi connectivity index (χ0n) is 10.7. The molecule has 0 atom stereocenters. The van der Waals surface area contributed by atoms with E-state index in [9.17, 15) is 9.59 Å². The lowest BCUT2D eigenvalue weighted by Crippen LogP contribution is -2.19. The molecule has 0 amide bonds. The van der Waals surface area contributed by atoms with E-state index in [1.807, 2.05) is 6.07 Å². The van der Waals surface area contributed by atoms with E-state index >= 15 is 0 Å². The van der Waals surface area contributed by atoms with Crippen molar-refractivity contribution >= 4 is 23.4 Å². The summed E-state index contributed by atoms with van der Waals surface area (Å²) in [6.45, 7) is 3.05. The SMILES string of the molecule is CC(=O)/C(=C\c1ccc[nH]1)c1c(C)nc(N)[nH]c1=O. The summed E-state index contributed by atoms with van der Waals surface area (Å²) in [4.78, 5) is 33.1. The third-order valence-electron chi connectivity index (χ3n) is 2.69. The molecule has 6 heteroatoms. The van der Waals surface area contributed by atoms with Crippen molar-refractivity contribution in [3.63, 3.8) is 0 Å². The van der Waals surface area contributed by atoms with Gasteiger partial charge in [-0.3, -0.25) is 14.6 Å². The number of nitrogen functional groups attached to an aromatic ring is 1. The standard InChI is InChI=1S/C13H14N4O2/c1-7-11(12(19)17-13(14)16-7)10(8(2)18)6-9-4-3-5-15-9/h3-6,15H,1-2H3,(H3,14,16,17,19)/b10-6+. The number of nitrogens with one attached hydrogen (secondary N) is 2. The Morgan fingerprint density at radius 2 is 2.21 bits per heavy atom. The van der Waals surface area contributed by atoms with Crippen molar-refractivity contribution in [1.82, 2.24) is 15.0 Å². The molecule has 0 saturated heterocycles. The zero-order chi connectivity index (χ0) is 14.0. The molecule has 0 aliphatic heterocycles. The minimum Gasteiger partial charge on any atom is -0.369 e. The number of aryl methyl sites for hydroxylation is 1. The van der Waals surface area contributed by atoms with Crippen LogP contribution >= 0.6 is 0 Å². The number of anilines is 1. The van der Waals surface area contributed by atoms with Crippen LogP contribution in [0.2, 0.25) is 0 Å². The van der Waals surface area contributed by atoms with Gasteiger partial charge in [-0.1, -0.05) is 0 Å². The first kappa shape index (κ1) is 12.8. The molecule has 2 heterocycles. The summed E-state index contributed by atoms with van der Waals surface area (Å²) in [5.74, 6) is -0.177. The number of aromatic nitrogens is 3. The van der Waals surface area contributed by atoms with Gasteiger partial charge in [0.2, 0.25) is 5.95 Å². The number of Topliss-reactive ketones (excluding diaryl/α,β-unsaturated/α-hetero) is 1. The molecule has 2 rings (SSSR count). The molecule has 0 aromatic carbocycles. The summed E-state index contributed by atoms with van der Waals surface area (Å²) in [6, 6.07) is 3.61. The van der Waals surface area contributed by atoms with Gasteiger partial charge in [0.1, 0.15) is 0 Å². The van der Waals surface area contributed by atoms with Crippen molar-refractivity contribution in [2.45, 2.75) is 13.8 Å². The number of carbonyl (C=O) groups is 1. The first-order chi connectivity index (χ1) is 8.99. The summed E-state index contributed by atoms with van der Waals surface area (Å²) in [6.07, 6.45) is 3.36. The van der Waals surface area contributed by atoms with Gasteiger partial charge in [-0.2, -0.15) is 0 Å². The number of nitrogens with zero attached hydrogens (tertiary/aromatic N) is 1. The molecule has 0 unspecified atom stereocenters. The van der Waals surface area contributed by atoms with E-state index in [1.54, 1.807) is 25.3 Å². The van der Waals surface area contributed by atoms with Crippen LogP contribution in [0.4, 0.5) is 5.95 Å². The highest BCUT2D eigenvalue weighted by Gasteiger charge is 2.16. The number of ketones is 1. The van der Waals surface area contributed by atoms with E-state index in [-0.39, 0.29) is 17.3 Å². The predicted octanol–water partition coefficient (Wildman–Crippen LogP) is 1.12. The first-order valence-electron chi connectivity index (χ1n) is 5.72. The van der Waals surface area contributed by atoms with Crippen LogP contribution in [0.25, 0.3) is 11.6 Å². The Labute approximate surface area is 109 Å². The lowest BCUT2D eigenvalue weighted by Gasteiger charge is -2.06. The maximum absolute atomic E-state index is 12.0. The van der Waals surface area contributed by atoms with E-state index in [4.69, 9.17) is 5.73 Å². The molecule has 4 N–H and O–H groups in total. The average Bonchev–Trinajstić information content (AvgIpc) is 2.78. The molecular weight excluding hydrogens is 244 g/mol. The summed E-state index contributed by atoms with van der Waals surface area (Å²) >= 11 is 0. The van der Waals surface area contributed by atoms with Gasteiger partial charge in [-0.25, -0.2) is 4.98 Å². The second-order valence-electron chi connectivity index (χ2n) is 4.15.